The molecule has 0 saturated carbocycles. The normalized spacial score (nSPS) is 12.3. The van der Waals surface area contributed by atoms with E-state index in [0.29, 0.717) is 6.42 Å². The average molecular weight is 837 g/mol. The minimum atomic E-state index is -5.07. The number of esters is 1. The van der Waals surface area contributed by atoms with Crippen LogP contribution in [0.25, 0.3) is 0 Å². The standard InChI is InChI=1S/C16H30O7S.C10H16N2O4.C4H6O7S.2Na/c1-2-3-4-5-6-7-8-9-10-11-12-23-16(19)14(13-15(17)18)24(20,21)22;1-5(13)9(11,6(2)14)10(12,7(3)15)8(4)16;5-3(6)1-2(4(7)8)12(9,10)11;;/h14H,2-13H2,1H3,(H,17,18)(H,20,21,22);11-12H2,1-4H3;2H,1H2,(H,5,6)(H,7,8)(H,9,10,11);;/q;;;2*+1/p-2. The number of Topliss-reactive ketones (excluding diaryl/α,β-unsaturated/α-hetero) is 4. The van der Waals surface area contributed by atoms with E-state index in [1.165, 1.54) is 38.5 Å². The van der Waals surface area contributed by atoms with Crippen LogP contribution >= 0.6 is 0 Å². The molecular formula is C30H50N2Na2O18S2. The van der Waals surface area contributed by atoms with Gasteiger partial charge in [-0.3, -0.25) is 38.1 Å². The van der Waals surface area contributed by atoms with Crippen LogP contribution in [0.2, 0.25) is 0 Å². The third-order valence-corrected chi connectivity index (χ3v) is 9.69. The fourth-order valence-corrected chi connectivity index (χ4v) is 5.65. The zero-order valence-corrected chi connectivity index (χ0v) is 37.4. The number of unbranched alkanes of at least 4 members (excludes halogenated alkanes) is 9. The van der Waals surface area contributed by atoms with Crippen LogP contribution in [0.5, 0.6) is 0 Å². The molecule has 0 fully saturated rings. The molecule has 7 N–H and O–H groups in total. The molecule has 20 nitrogen and oxygen atoms in total. The van der Waals surface area contributed by atoms with Crippen molar-refractivity contribution in [2.45, 2.75) is 133 Å². The predicted octanol–water partition coefficient (Wildman–Crippen LogP) is -6.95. The van der Waals surface area contributed by atoms with E-state index in [0.717, 1.165) is 47.0 Å². The zero-order chi connectivity index (χ0) is 41.7. The topological polar surface area (TPSA) is 373 Å². The second kappa shape index (κ2) is 29.5. The van der Waals surface area contributed by atoms with E-state index in [2.05, 4.69) is 6.92 Å². The maximum absolute atomic E-state index is 11.5. The summed E-state index contributed by atoms with van der Waals surface area (Å²) in [5.41, 5.74) is 6.59. The number of carboxylic acids is 3. The first kappa shape index (κ1) is 61.5. The summed E-state index contributed by atoms with van der Waals surface area (Å²) >= 11 is 0. The molecule has 0 aromatic carbocycles. The second-order valence-electron chi connectivity index (χ2n) is 11.7. The summed E-state index contributed by atoms with van der Waals surface area (Å²) in [5.74, 6) is -9.85. The van der Waals surface area contributed by atoms with Gasteiger partial charge in [0.2, 0.25) is 0 Å². The Hall–Kier alpha value is -1.70. The van der Waals surface area contributed by atoms with E-state index in [4.69, 9.17) is 31.0 Å². The smallest absolute Gasteiger partial charge is 0.747 e. The number of aliphatic carboxylic acids is 3. The summed E-state index contributed by atoms with van der Waals surface area (Å²) in [5, 5.41) is 22.1. The summed E-state index contributed by atoms with van der Waals surface area (Å²) in [4.78, 5) is 87.6. The summed E-state index contributed by atoms with van der Waals surface area (Å²) in [6.45, 7) is 6.25. The number of ketones is 4. The Morgan fingerprint density at radius 3 is 1.20 bits per heavy atom. The molecule has 24 heteroatoms. The third-order valence-electron chi connectivity index (χ3n) is 7.54. The van der Waals surface area contributed by atoms with Gasteiger partial charge in [-0.2, -0.15) is 8.42 Å². The first-order valence-electron chi connectivity index (χ1n) is 15.9. The molecule has 0 heterocycles. The first-order valence-corrected chi connectivity index (χ1v) is 18.9. The van der Waals surface area contributed by atoms with Crippen molar-refractivity contribution in [2.24, 2.45) is 11.5 Å². The molecule has 2 unspecified atom stereocenters. The van der Waals surface area contributed by atoms with Gasteiger partial charge in [0.25, 0.3) is 10.1 Å². The Morgan fingerprint density at radius 2 is 0.981 bits per heavy atom. The molecule has 0 rings (SSSR count). The van der Waals surface area contributed by atoms with Crippen LogP contribution in [0.1, 0.15) is 112 Å². The molecule has 0 aliphatic rings. The molecule has 0 aromatic rings. The van der Waals surface area contributed by atoms with Crippen molar-refractivity contribution in [3.8, 4) is 0 Å². The van der Waals surface area contributed by atoms with Crippen LogP contribution < -0.4 is 75.7 Å². The Kier molecular flexibility index (Phi) is 33.6. The summed E-state index contributed by atoms with van der Waals surface area (Å²) < 4.78 is 65.9. The molecule has 0 bridgehead atoms. The van der Waals surface area contributed by atoms with Crippen LogP contribution in [-0.2, 0) is 63.3 Å². The Morgan fingerprint density at radius 1 is 0.648 bits per heavy atom. The molecule has 0 spiro atoms. The summed E-state index contributed by atoms with van der Waals surface area (Å²) in [6, 6.07) is 0. The molecule has 2 atom stereocenters. The number of hydrogen-bond donors (Lipinski definition) is 5. The van der Waals surface area contributed by atoms with Gasteiger partial charge >= 0.3 is 77.0 Å². The van der Waals surface area contributed by atoms with Crippen molar-refractivity contribution in [3.63, 3.8) is 0 Å². The van der Waals surface area contributed by atoms with Crippen molar-refractivity contribution >= 4 is 67.2 Å². The first-order chi connectivity index (χ1) is 23.6. The third kappa shape index (κ3) is 23.4. The molecule has 0 amide bonds. The Balaban J connectivity index is -0.000000232. The zero-order valence-electron chi connectivity index (χ0n) is 31.8. The molecule has 0 aromatic heterocycles. The van der Waals surface area contributed by atoms with Gasteiger partial charge in [-0.1, -0.05) is 64.7 Å². The van der Waals surface area contributed by atoms with E-state index in [1.54, 1.807) is 0 Å². The molecule has 302 valence electrons. The monoisotopic (exact) mass is 836 g/mol. The van der Waals surface area contributed by atoms with E-state index >= 15 is 0 Å². The molecular weight excluding hydrogens is 786 g/mol. The molecule has 0 aliphatic carbocycles. The average Bonchev–Trinajstić information content (AvgIpc) is 2.99. The maximum Gasteiger partial charge on any atom is 1.00 e. The van der Waals surface area contributed by atoms with Crippen molar-refractivity contribution in [1.29, 1.82) is 0 Å². The minimum absolute atomic E-state index is 0. The van der Waals surface area contributed by atoms with Crippen LogP contribution in [0.4, 0.5) is 0 Å². The number of carbonyl (C=O) groups excluding carboxylic acids is 6. The van der Waals surface area contributed by atoms with Crippen molar-refractivity contribution in [1.82, 2.24) is 0 Å². The van der Waals surface area contributed by atoms with Crippen LogP contribution in [-0.4, -0.2) is 111 Å². The van der Waals surface area contributed by atoms with E-state index in [9.17, 15) is 64.9 Å². The second-order valence-corrected chi connectivity index (χ2v) is 14.8. The number of hydrogen-bond acceptors (Lipinski definition) is 17. The molecule has 0 saturated heterocycles. The van der Waals surface area contributed by atoms with Gasteiger partial charge in [0.05, 0.1) is 13.0 Å². The largest absolute Gasteiger partial charge is 1.00 e. The summed E-state index contributed by atoms with van der Waals surface area (Å²) in [6.07, 6.45) is 8.59. The van der Waals surface area contributed by atoms with Crippen molar-refractivity contribution < 1.29 is 143 Å². The van der Waals surface area contributed by atoms with Crippen molar-refractivity contribution in [2.75, 3.05) is 6.61 Å². The van der Waals surface area contributed by atoms with Gasteiger partial charge in [-0.05, 0) is 34.1 Å². The Bertz CT molecular complexity index is 1420. The molecule has 54 heavy (non-hydrogen) atoms. The number of carboxylic acid groups (broad SMARTS) is 3. The number of rotatable bonds is 24. The molecule has 0 radical (unpaired) electrons. The van der Waals surface area contributed by atoms with Gasteiger partial charge in [0.15, 0.2) is 44.7 Å². The number of ether oxygens (including phenoxy) is 1. The van der Waals surface area contributed by atoms with Crippen molar-refractivity contribution in [3.05, 3.63) is 0 Å². The SMILES string of the molecule is CC(=O)C(N)(C(C)=O)C(N)(C(C)=O)C(C)=O.CCCCCCCCCCCCOC(=O)C(CC(=O)[O-])S(=O)(=O)[O-].O=C(O)CC(C(=O)O)S(=O)(=O)O.[Na+].[Na+]. The van der Waals surface area contributed by atoms with E-state index in [-0.39, 0.29) is 65.7 Å². The van der Waals surface area contributed by atoms with Crippen LogP contribution in [0.3, 0.4) is 0 Å². The van der Waals surface area contributed by atoms with E-state index < -0.39 is 102 Å². The number of nitrogens with two attached hydrogens (primary N) is 2. The quantitative estimate of drug-likeness (QED) is 0.0198. The minimum Gasteiger partial charge on any atom is -0.747 e. The van der Waals surface area contributed by atoms with Gasteiger partial charge in [-0.15, -0.1) is 0 Å². The van der Waals surface area contributed by atoms with Gasteiger partial charge in [0, 0.05) is 12.4 Å². The van der Waals surface area contributed by atoms with Crippen LogP contribution in [0, 0.1) is 0 Å². The van der Waals surface area contributed by atoms with Crippen LogP contribution in [0.15, 0.2) is 0 Å². The fraction of sp³-hybridized carbons (Fsp3) is 0.733. The molecule has 0 aliphatic heterocycles. The predicted molar refractivity (Wildman–Crippen MR) is 178 cm³/mol. The maximum atomic E-state index is 11.5. The van der Waals surface area contributed by atoms with E-state index in [1.807, 2.05) is 0 Å². The fourth-order valence-electron chi connectivity index (χ4n) is 4.39. The van der Waals surface area contributed by atoms with Gasteiger partial charge in [0.1, 0.15) is 10.1 Å². The number of carbonyl (C=O) groups is 8. The van der Waals surface area contributed by atoms with Gasteiger partial charge < -0.3 is 40.9 Å². The Labute approximate surface area is 359 Å². The summed E-state index contributed by atoms with van der Waals surface area (Å²) in [7, 11) is -9.91. The van der Waals surface area contributed by atoms with Gasteiger partial charge in [-0.25, -0.2) is 8.42 Å².